The average Bonchev–Trinajstić information content (AvgIpc) is 2.67. The molecule has 130 valence electrons. The molecule has 0 amide bonds. The Morgan fingerprint density at radius 3 is 1.89 bits per heavy atom. The van der Waals surface area contributed by atoms with Crippen LogP contribution in [0.5, 0.6) is 0 Å². The van der Waals surface area contributed by atoms with E-state index in [1.54, 1.807) is 0 Å². The number of benzene rings is 4. The van der Waals surface area contributed by atoms with Crippen LogP contribution in [0.4, 0.5) is 0 Å². The summed E-state index contributed by atoms with van der Waals surface area (Å²) in [6.07, 6.45) is 1.90. The van der Waals surface area contributed by atoms with E-state index in [0.29, 0.717) is 0 Å². The Labute approximate surface area is 158 Å². The molecule has 1 aromatic heterocycles. The third kappa shape index (κ3) is 2.57. The normalized spacial score (nSPS) is 11.5. The zero-order chi connectivity index (χ0) is 18.5. The number of aryl methyl sites for hydroxylation is 3. The zero-order valence-electron chi connectivity index (χ0n) is 15.7. The number of rotatable bonds is 1. The van der Waals surface area contributed by atoms with Gasteiger partial charge < -0.3 is 0 Å². The predicted molar refractivity (Wildman–Crippen MR) is 114 cm³/mol. The summed E-state index contributed by atoms with van der Waals surface area (Å²) in [5, 5.41) is 4.82. The van der Waals surface area contributed by atoms with E-state index in [9.17, 15) is 0 Å². The van der Waals surface area contributed by atoms with Gasteiger partial charge in [-0.05, 0) is 37.6 Å². The van der Waals surface area contributed by atoms with E-state index in [2.05, 4.69) is 81.4 Å². The van der Waals surface area contributed by atoms with Crippen LogP contribution in [0, 0.1) is 20.8 Å². The fraction of sp³-hybridized carbons (Fsp3) is 0.120. The number of fused-ring (bicyclic) bond motifs is 6. The van der Waals surface area contributed by atoms with Crippen molar-refractivity contribution in [1.29, 1.82) is 0 Å². The Kier molecular flexibility index (Phi) is 3.48. The maximum absolute atomic E-state index is 5.05. The van der Waals surface area contributed by atoms with Gasteiger partial charge >= 0.3 is 0 Å². The van der Waals surface area contributed by atoms with Gasteiger partial charge in [-0.1, -0.05) is 71.3 Å². The summed E-state index contributed by atoms with van der Waals surface area (Å²) in [6.45, 7) is 6.38. The van der Waals surface area contributed by atoms with Crippen molar-refractivity contribution in [2.24, 2.45) is 0 Å². The first-order valence-electron chi connectivity index (χ1n) is 9.27. The van der Waals surface area contributed by atoms with E-state index < -0.39 is 0 Å². The lowest BCUT2D eigenvalue weighted by atomic mass is 9.96. The second-order valence-electron chi connectivity index (χ2n) is 7.42. The summed E-state index contributed by atoms with van der Waals surface area (Å²) in [7, 11) is 0. The molecular weight excluding hydrogens is 328 g/mol. The monoisotopic (exact) mass is 348 g/mol. The Balaban J connectivity index is 1.94. The number of hydrogen-bond acceptors (Lipinski definition) is 2. The fourth-order valence-electron chi connectivity index (χ4n) is 3.89. The van der Waals surface area contributed by atoms with Crippen LogP contribution in [0.1, 0.15) is 16.7 Å². The minimum absolute atomic E-state index is 0.916. The first-order chi connectivity index (χ1) is 13.1. The largest absolute Gasteiger partial charge is 0.252 e. The zero-order valence-corrected chi connectivity index (χ0v) is 15.7. The molecule has 2 heteroatoms. The van der Waals surface area contributed by atoms with Crippen molar-refractivity contribution < 1.29 is 0 Å². The molecule has 2 nitrogen and oxygen atoms in total. The van der Waals surface area contributed by atoms with E-state index in [4.69, 9.17) is 9.97 Å². The smallest absolute Gasteiger partial charge is 0.0979 e. The molecule has 0 radical (unpaired) electrons. The van der Waals surface area contributed by atoms with Crippen LogP contribution in [-0.2, 0) is 0 Å². The van der Waals surface area contributed by atoms with E-state index in [-0.39, 0.29) is 0 Å². The van der Waals surface area contributed by atoms with E-state index in [0.717, 1.165) is 33.1 Å². The third-order valence-corrected chi connectivity index (χ3v) is 5.24. The number of nitrogens with zero attached hydrogens (tertiary/aromatic N) is 2. The second kappa shape index (κ2) is 5.88. The molecule has 0 N–H and O–H groups in total. The van der Waals surface area contributed by atoms with Crippen molar-refractivity contribution in [2.45, 2.75) is 20.8 Å². The van der Waals surface area contributed by atoms with Gasteiger partial charge in [0.15, 0.2) is 0 Å². The molecule has 27 heavy (non-hydrogen) atoms. The molecule has 0 atom stereocenters. The molecule has 1 heterocycles. The fourth-order valence-corrected chi connectivity index (χ4v) is 3.89. The van der Waals surface area contributed by atoms with Gasteiger partial charge in [0.1, 0.15) is 0 Å². The van der Waals surface area contributed by atoms with Crippen molar-refractivity contribution >= 4 is 32.6 Å². The summed E-state index contributed by atoms with van der Waals surface area (Å²) in [4.78, 5) is 9.91. The Morgan fingerprint density at radius 1 is 0.593 bits per heavy atom. The van der Waals surface area contributed by atoms with Gasteiger partial charge in [0.05, 0.1) is 22.9 Å². The minimum atomic E-state index is 0.916. The lowest BCUT2D eigenvalue weighted by Crippen LogP contribution is -1.93. The van der Waals surface area contributed by atoms with Crippen LogP contribution in [-0.4, -0.2) is 9.97 Å². The Hall–Kier alpha value is -3.26. The SMILES string of the molecule is Cc1cccc(-c2cnc3c4ccc(C)cc4c4cc(C)ccc4c3n2)c1. The van der Waals surface area contributed by atoms with Gasteiger partial charge in [0.25, 0.3) is 0 Å². The highest BCUT2D eigenvalue weighted by atomic mass is 14.8. The van der Waals surface area contributed by atoms with Crippen molar-refractivity contribution in [1.82, 2.24) is 9.97 Å². The highest BCUT2D eigenvalue weighted by molar-refractivity contribution is 6.23. The molecule has 0 aliphatic heterocycles. The van der Waals surface area contributed by atoms with Crippen molar-refractivity contribution in [3.63, 3.8) is 0 Å². The van der Waals surface area contributed by atoms with Crippen LogP contribution < -0.4 is 0 Å². The lowest BCUT2D eigenvalue weighted by molar-refractivity contribution is 1.30. The summed E-state index contributed by atoms with van der Waals surface area (Å²) >= 11 is 0. The highest BCUT2D eigenvalue weighted by Gasteiger charge is 2.12. The van der Waals surface area contributed by atoms with Crippen LogP contribution in [0.3, 0.4) is 0 Å². The molecule has 0 fully saturated rings. The van der Waals surface area contributed by atoms with E-state index in [1.165, 1.54) is 27.5 Å². The first-order valence-corrected chi connectivity index (χ1v) is 9.27. The molecule has 0 aliphatic carbocycles. The Morgan fingerprint density at radius 2 is 1.22 bits per heavy atom. The number of hydrogen-bond donors (Lipinski definition) is 0. The summed E-state index contributed by atoms with van der Waals surface area (Å²) in [5.74, 6) is 0. The lowest BCUT2D eigenvalue weighted by Gasteiger charge is -2.12. The molecule has 0 saturated heterocycles. The molecule has 0 unspecified atom stereocenters. The summed E-state index contributed by atoms with van der Waals surface area (Å²) in [5.41, 5.74) is 7.71. The molecule has 0 saturated carbocycles. The quantitative estimate of drug-likeness (QED) is 0.322. The molecule has 4 aromatic carbocycles. The predicted octanol–water partition coefficient (Wildman–Crippen LogP) is 6.53. The second-order valence-corrected chi connectivity index (χ2v) is 7.42. The van der Waals surface area contributed by atoms with Gasteiger partial charge in [-0.25, -0.2) is 4.98 Å². The van der Waals surface area contributed by atoms with Crippen LogP contribution in [0.25, 0.3) is 43.8 Å². The van der Waals surface area contributed by atoms with Crippen molar-refractivity contribution in [3.8, 4) is 11.3 Å². The molecular formula is C25H20N2. The Bertz CT molecular complexity index is 1350. The third-order valence-electron chi connectivity index (χ3n) is 5.24. The van der Waals surface area contributed by atoms with E-state index >= 15 is 0 Å². The molecule has 0 aliphatic rings. The van der Waals surface area contributed by atoms with Gasteiger partial charge in [-0.3, -0.25) is 4.98 Å². The van der Waals surface area contributed by atoms with Crippen LogP contribution in [0.15, 0.2) is 66.9 Å². The van der Waals surface area contributed by atoms with Gasteiger partial charge in [0, 0.05) is 16.3 Å². The standard InChI is InChI=1S/C25H20N2/c1-15-5-4-6-18(11-15)23-14-26-24-19-9-7-16(2)12-21(19)22-13-17(3)8-10-20(22)25(24)27-23/h4-14H,1-3H3. The topological polar surface area (TPSA) is 25.8 Å². The average molecular weight is 348 g/mol. The molecule has 0 spiro atoms. The van der Waals surface area contributed by atoms with Crippen LogP contribution in [0.2, 0.25) is 0 Å². The van der Waals surface area contributed by atoms with Crippen molar-refractivity contribution in [3.05, 3.63) is 83.6 Å². The summed E-state index contributed by atoms with van der Waals surface area (Å²) < 4.78 is 0. The van der Waals surface area contributed by atoms with Gasteiger partial charge in [0.2, 0.25) is 0 Å². The number of aromatic nitrogens is 2. The highest BCUT2D eigenvalue weighted by Crippen LogP contribution is 2.35. The van der Waals surface area contributed by atoms with Crippen molar-refractivity contribution in [2.75, 3.05) is 0 Å². The molecule has 5 aromatic rings. The molecule has 5 rings (SSSR count). The molecule has 0 bridgehead atoms. The van der Waals surface area contributed by atoms with Crippen LogP contribution >= 0.6 is 0 Å². The van der Waals surface area contributed by atoms with Gasteiger partial charge in [-0.15, -0.1) is 0 Å². The summed E-state index contributed by atoms with van der Waals surface area (Å²) in [6, 6.07) is 21.6. The van der Waals surface area contributed by atoms with E-state index in [1.807, 2.05) is 6.20 Å². The van der Waals surface area contributed by atoms with Gasteiger partial charge in [-0.2, -0.15) is 0 Å². The minimum Gasteiger partial charge on any atom is -0.252 e. The first kappa shape index (κ1) is 16.0. The maximum Gasteiger partial charge on any atom is 0.0979 e. The maximum atomic E-state index is 5.05.